The molecule has 0 radical (unpaired) electrons. The molecule has 40 heavy (non-hydrogen) atoms. The summed E-state index contributed by atoms with van der Waals surface area (Å²) in [6.07, 6.45) is 9.97. The maximum absolute atomic E-state index is 12.9. The van der Waals surface area contributed by atoms with Crippen LogP contribution in [-0.4, -0.2) is 72.4 Å². The molecule has 6 N–H and O–H groups in total. The van der Waals surface area contributed by atoms with Gasteiger partial charge < -0.3 is 25.0 Å². The van der Waals surface area contributed by atoms with Crippen LogP contribution in [0.2, 0.25) is 0 Å². The van der Waals surface area contributed by atoms with Crippen LogP contribution in [0.25, 0.3) is 0 Å². The number of ether oxygens (including phenoxy) is 2. The van der Waals surface area contributed by atoms with Gasteiger partial charge in [0.1, 0.15) is 36.3 Å². The van der Waals surface area contributed by atoms with Crippen molar-refractivity contribution in [3.63, 3.8) is 0 Å². The van der Waals surface area contributed by atoms with Crippen molar-refractivity contribution in [3.05, 3.63) is 17.7 Å². The number of nitrogens with two attached hydrogens (primary N) is 2. The average Bonchev–Trinajstić information content (AvgIpc) is 3.36. The van der Waals surface area contributed by atoms with Crippen molar-refractivity contribution >= 4 is 18.0 Å². The number of allylic oxidation sites excluding steroid dienone is 1. The van der Waals surface area contributed by atoms with Gasteiger partial charge in [0.15, 0.2) is 6.21 Å². The molecule has 3 aliphatic rings. The number of aliphatic hydroxyl groups is 2. The number of nitrogens with zero attached hydrogens (tertiary/aromatic N) is 1. The molecule has 0 amide bonds. The molecule has 0 aromatic heterocycles. The van der Waals surface area contributed by atoms with Gasteiger partial charge >= 0.3 is 5.97 Å². The zero-order chi connectivity index (χ0) is 29.1. The number of aliphatic imine (C=N–C) groups is 1. The number of Topliss-reactive ketones (excluding diaryl/α,β-unsaturated/α-hetero) is 1. The molecule has 8 atom stereocenters. The number of quaternary nitrogens is 1. The van der Waals surface area contributed by atoms with Crippen molar-refractivity contribution in [1.82, 2.24) is 0 Å². The minimum Gasteiger partial charge on any atom is -0.462 e. The Morgan fingerprint density at radius 3 is 2.70 bits per heavy atom. The Labute approximate surface area is 240 Å². The summed E-state index contributed by atoms with van der Waals surface area (Å²) in [6, 6.07) is 0. The van der Waals surface area contributed by atoms with Crippen LogP contribution in [0.4, 0.5) is 0 Å². The second kappa shape index (κ2) is 16.6. The molecule has 0 aromatic rings. The molecule has 2 heterocycles. The van der Waals surface area contributed by atoms with Crippen molar-refractivity contribution < 1.29 is 34.6 Å². The largest absolute Gasteiger partial charge is 0.462 e. The third-order valence-electron chi connectivity index (χ3n) is 9.17. The molecule has 1 saturated heterocycles. The Morgan fingerprint density at radius 1 is 1.20 bits per heavy atom. The number of hydrogen-bond donors (Lipinski definition) is 4. The molecule has 9 heteroatoms. The summed E-state index contributed by atoms with van der Waals surface area (Å²) in [5.41, 5.74) is 8.78. The van der Waals surface area contributed by atoms with Gasteiger partial charge in [-0.05, 0) is 62.7 Å². The highest BCUT2D eigenvalue weighted by Gasteiger charge is 2.36. The third-order valence-corrected chi connectivity index (χ3v) is 9.17. The fourth-order valence-electron chi connectivity index (χ4n) is 6.66. The second-order valence-electron chi connectivity index (χ2n) is 12.3. The Kier molecular flexibility index (Phi) is 13.6. The van der Waals surface area contributed by atoms with Crippen LogP contribution in [0, 0.1) is 24.3 Å². The van der Waals surface area contributed by atoms with E-state index >= 15 is 0 Å². The lowest BCUT2D eigenvalue weighted by molar-refractivity contribution is -0.699. The van der Waals surface area contributed by atoms with E-state index in [1.165, 1.54) is 31.6 Å². The van der Waals surface area contributed by atoms with Crippen LogP contribution in [0.1, 0.15) is 97.3 Å². The molecule has 6 unspecified atom stereocenters. The van der Waals surface area contributed by atoms with Crippen LogP contribution >= 0.6 is 0 Å². The molecule has 2 aliphatic heterocycles. The van der Waals surface area contributed by atoms with Gasteiger partial charge in [-0.1, -0.05) is 13.3 Å². The maximum Gasteiger partial charge on any atom is 0.302 e. The Hall–Kier alpha value is -1.78. The predicted octanol–water partition coefficient (Wildman–Crippen LogP) is 2.58. The highest BCUT2D eigenvalue weighted by Crippen LogP contribution is 2.32. The van der Waals surface area contributed by atoms with Gasteiger partial charge in [-0.25, -0.2) is 0 Å². The van der Waals surface area contributed by atoms with Crippen LogP contribution < -0.4 is 11.1 Å². The lowest BCUT2D eigenvalue weighted by Gasteiger charge is -2.36. The number of aliphatic hydroxyl groups excluding tert-OH is 2. The molecular formula is C31H53N3O6+2. The highest BCUT2D eigenvalue weighted by molar-refractivity contribution is 5.84. The molecule has 1 saturated carbocycles. The summed E-state index contributed by atoms with van der Waals surface area (Å²) in [7, 11) is 1.53. The first-order valence-electron chi connectivity index (χ1n) is 15.4. The Balaban J connectivity index is 1.46. The fraction of sp³-hybridized carbons (Fsp3) is 0.806. The fourth-order valence-corrected chi connectivity index (χ4v) is 6.66. The highest BCUT2D eigenvalue weighted by atomic mass is 16.5. The van der Waals surface area contributed by atoms with Crippen molar-refractivity contribution in [1.29, 1.82) is 0 Å². The van der Waals surface area contributed by atoms with Crippen LogP contribution in [0.3, 0.4) is 0 Å². The van der Waals surface area contributed by atoms with E-state index < -0.39 is 24.4 Å². The number of hydrogen-bond acceptors (Lipinski definition) is 8. The normalized spacial score (nSPS) is 30.1. The van der Waals surface area contributed by atoms with E-state index in [9.17, 15) is 19.8 Å². The van der Waals surface area contributed by atoms with Crippen molar-refractivity contribution in [2.75, 3.05) is 13.7 Å². The minimum absolute atomic E-state index is 0.0661. The van der Waals surface area contributed by atoms with Gasteiger partial charge in [-0.15, -0.1) is 4.99 Å². The van der Waals surface area contributed by atoms with Crippen molar-refractivity contribution in [2.24, 2.45) is 28.5 Å². The van der Waals surface area contributed by atoms with Crippen LogP contribution in [0.15, 0.2) is 16.1 Å². The first kappa shape index (κ1) is 32.7. The summed E-state index contributed by atoms with van der Waals surface area (Å²) in [5, 5.41) is 22.4. The summed E-state index contributed by atoms with van der Waals surface area (Å²) >= 11 is 0. The van der Waals surface area contributed by atoms with Gasteiger partial charge in [-0.2, -0.15) is 0 Å². The number of carbonyl (C=O) groups is 2. The molecule has 226 valence electrons. The average molecular weight is 564 g/mol. The summed E-state index contributed by atoms with van der Waals surface area (Å²) in [4.78, 5) is 29.1. The summed E-state index contributed by atoms with van der Waals surface area (Å²) in [6.45, 7) is 6.71. The van der Waals surface area contributed by atoms with E-state index in [1.807, 2.05) is 12.8 Å². The van der Waals surface area contributed by atoms with E-state index in [0.29, 0.717) is 43.9 Å². The number of carbonyl (C=O) groups excluding carboxylic acids is 2. The summed E-state index contributed by atoms with van der Waals surface area (Å²) < 4.78 is 10.9. The van der Waals surface area contributed by atoms with E-state index in [-0.39, 0.29) is 30.3 Å². The molecule has 2 fully saturated rings. The SMILES string of the molecule is CC[C@H](CC[C@H](CC(=O)CCC1CC(O)C(O)C(OC)C1)OC(C)=O)CC1=C(CCC2CC[NH2+]C(N)C2)[CH+]N=C1. The Bertz CT molecular complexity index is 877. The number of rotatable bonds is 16. The molecule has 0 spiro atoms. The molecule has 3 rings (SSSR count). The van der Waals surface area contributed by atoms with Crippen LogP contribution in [-0.2, 0) is 19.1 Å². The number of esters is 1. The molecular weight excluding hydrogens is 510 g/mol. The monoisotopic (exact) mass is 563 g/mol. The minimum atomic E-state index is -0.883. The quantitative estimate of drug-likeness (QED) is 0.167. The maximum atomic E-state index is 12.9. The van der Waals surface area contributed by atoms with Gasteiger partial charge in [0.2, 0.25) is 0 Å². The lowest BCUT2D eigenvalue weighted by Crippen LogP contribution is -2.94. The van der Waals surface area contributed by atoms with E-state index in [0.717, 1.165) is 45.1 Å². The van der Waals surface area contributed by atoms with Gasteiger partial charge in [0.25, 0.3) is 0 Å². The first-order chi connectivity index (χ1) is 19.2. The number of ketones is 1. The lowest BCUT2D eigenvalue weighted by atomic mass is 9.80. The Morgan fingerprint density at radius 2 is 2.00 bits per heavy atom. The molecule has 1 aliphatic carbocycles. The molecule has 9 nitrogen and oxygen atoms in total. The van der Waals surface area contributed by atoms with Gasteiger partial charge in [0.05, 0.1) is 24.3 Å². The van der Waals surface area contributed by atoms with Crippen molar-refractivity contribution in [2.45, 2.75) is 128 Å². The first-order valence-corrected chi connectivity index (χ1v) is 15.4. The number of piperidine rings is 1. The third kappa shape index (κ3) is 10.6. The smallest absolute Gasteiger partial charge is 0.302 e. The number of methoxy groups -OCH3 is 1. The van der Waals surface area contributed by atoms with Crippen molar-refractivity contribution in [3.8, 4) is 0 Å². The topological polar surface area (TPSA) is 148 Å². The van der Waals surface area contributed by atoms with Gasteiger partial charge in [0, 0.05) is 46.1 Å². The van der Waals surface area contributed by atoms with Crippen LogP contribution in [0.5, 0.6) is 0 Å². The summed E-state index contributed by atoms with van der Waals surface area (Å²) in [5.74, 6) is 0.930. The van der Waals surface area contributed by atoms with Gasteiger partial charge in [-0.3, -0.25) is 15.3 Å². The predicted molar refractivity (Wildman–Crippen MR) is 154 cm³/mol. The molecule has 0 bridgehead atoms. The van der Waals surface area contributed by atoms with E-state index in [1.54, 1.807) is 0 Å². The second-order valence-corrected chi connectivity index (χ2v) is 12.3. The van der Waals surface area contributed by atoms with E-state index in [2.05, 4.69) is 17.2 Å². The van der Waals surface area contributed by atoms with E-state index in [4.69, 9.17) is 15.2 Å². The zero-order valence-corrected chi connectivity index (χ0v) is 24.8. The standard InChI is InChI=1S/C31H52N3O6/c1-4-21(13-25-19-33-18-24(25)8-5-22-11-12-34-30(32)16-22)7-10-27(40-20(2)35)17-26(36)9-6-23-14-28(37)31(38)29(15-23)39-3/h18-19,21-23,27-31,34,37-38H,4-17,32H2,1-3H3/q+1/p+1/t21-,22?,23?,27-,28?,29?,30?,31?/m1/s1. The molecule has 0 aromatic carbocycles. The zero-order valence-electron chi connectivity index (χ0n) is 24.8.